The molecule has 1 aliphatic rings. The van der Waals surface area contributed by atoms with Gasteiger partial charge < -0.3 is 18.8 Å². The van der Waals surface area contributed by atoms with Crippen molar-refractivity contribution in [1.82, 2.24) is 4.57 Å². The lowest BCUT2D eigenvalue weighted by atomic mass is 10.2. The van der Waals surface area contributed by atoms with Gasteiger partial charge in [0.15, 0.2) is 11.5 Å². The van der Waals surface area contributed by atoms with Gasteiger partial charge in [0.25, 0.3) is 0 Å². The van der Waals surface area contributed by atoms with Gasteiger partial charge in [0, 0.05) is 18.4 Å². The highest BCUT2D eigenvalue weighted by atomic mass is 35.5. The SMILES string of the molecule is Cc1c(COCc2ccc3c(c2)OCO3)ccn1Cc1ccc(F)cc1.Cl. The van der Waals surface area contributed by atoms with Crippen molar-refractivity contribution in [3.05, 3.63) is 82.9 Å². The molecule has 0 spiro atoms. The minimum atomic E-state index is -0.212. The van der Waals surface area contributed by atoms with Crippen molar-refractivity contribution in [2.24, 2.45) is 0 Å². The van der Waals surface area contributed by atoms with Crippen molar-refractivity contribution >= 4 is 12.4 Å². The number of ether oxygens (including phenoxy) is 3. The van der Waals surface area contributed by atoms with Crippen LogP contribution in [0.3, 0.4) is 0 Å². The fraction of sp³-hybridized carbons (Fsp3) is 0.238. The highest BCUT2D eigenvalue weighted by Gasteiger charge is 2.13. The Labute approximate surface area is 163 Å². The molecule has 0 radical (unpaired) electrons. The zero-order valence-electron chi connectivity index (χ0n) is 15.0. The first kappa shape index (κ1) is 19.3. The number of benzene rings is 2. The van der Waals surface area contributed by atoms with E-state index in [0.717, 1.165) is 33.9 Å². The van der Waals surface area contributed by atoms with Gasteiger partial charge in [-0.1, -0.05) is 18.2 Å². The van der Waals surface area contributed by atoms with Crippen molar-refractivity contribution in [3.63, 3.8) is 0 Å². The predicted molar refractivity (Wildman–Crippen MR) is 103 cm³/mol. The maximum atomic E-state index is 13.0. The van der Waals surface area contributed by atoms with Crippen LogP contribution < -0.4 is 9.47 Å². The van der Waals surface area contributed by atoms with E-state index in [1.807, 2.05) is 36.5 Å². The quantitative estimate of drug-likeness (QED) is 0.604. The van der Waals surface area contributed by atoms with Gasteiger partial charge in [-0.3, -0.25) is 0 Å². The summed E-state index contributed by atoms with van der Waals surface area (Å²) in [5, 5.41) is 0. The van der Waals surface area contributed by atoms with E-state index in [1.165, 1.54) is 12.1 Å². The molecule has 4 nitrogen and oxygen atoms in total. The van der Waals surface area contributed by atoms with Gasteiger partial charge in [-0.15, -0.1) is 12.4 Å². The topological polar surface area (TPSA) is 32.6 Å². The molecule has 0 aliphatic carbocycles. The maximum absolute atomic E-state index is 13.0. The molecule has 1 aromatic heterocycles. The Balaban J connectivity index is 0.00000210. The number of fused-ring (bicyclic) bond motifs is 1. The minimum Gasteiger partial charge on any atom is -0.454 e. The van der Waals surface area contributed by atoms with Crippen LogP contribution in [-0.2, 0) is 24.5 Å². The fourth-order valence-corrected chi connectivity index (χ4v) is 3.02. The van der Waals surface area contributed by atoms with Crippen molar-refractivity contribution in [1.29, 1.82) is 0 Å². The molecular formula is C21H21ClFNO3. The molecule has 0 bridgehead atoms. The van der Waals surface area contributed by atoms with Gasteiger partial charge in [0.05, 0.1) is 13.2 Å². The summed E-state index contributed by atoms with van der Waals surface area (Å²) in [5.41, 5.74) is 4.42. The number of nitrogens with zero attached hydrogens (tertiary/aromatic N) is 1. The molecule has 4 rings (SSSR count). The average Bonchev–Trinajstić information content (AvgIpc) is 3.25. The Morgan fingerprint density at radius 2 is 1.70 bits per heavy atom. The van der Waals surface area contributed by atoms with Gasteiger partial charge in [0.1, 0.15) is 5.82 Å². The predicted octanol–water partition coefficient (Wildman–Crippen LogP) is 4.85. The first-order valence-electron chi connectivity index (χ1n) is 8.54. The normalized spacial score (nSPS) is 12.1. The van der Waals surface area contributed by atoms with Crippen LogP contribution in [-0.4, -0.2) is 11.4 Å². The summed E-state index contributed by atoms with van der Waals surface area (Å²) in [5.74, 6) is 1.34. The van der Waals surface area contributed by atoms with Crippen LogP contribution in [0.5, 0.6) is 11.5 Å². The third-order valence-electron chi connectivity index (χ3n) is 4.58. The van der Waals surface area contributed by atoms with Crippen LogP contribution >= 0.6 is 12.4 Å². The molecule has 0 saturated heterocycles. The maximum Gasteiger partial charge on any atom is 0.231 e. The standard InChI is InChI=1S/C21H20FNO3.ClH/c1-15-18(8-9-23(15)11-16-2-5-19(22)6-3-16)13-24-12-17-4-7-20-21(10-17)26-14-25-20;/h2-10H,11-14H2,1H3;1H. The molecule has 0 N–H and O–H groups in total. The zero-order chi connectivity index (χ0) is 17.9. The number of hydrogen-bond acceptors (Lipinski definition) is 3. The molecule has 27 heavy (non-hydrogen) atoms. The second kappa shape index (κ2) is 8.46. The van der Waals surface area contributed by atoms with Crippen LogP contribution in [0.1, 0.15) is 22.4 Å². The van der Waals surface area contributed by atoms with Crippen LogP contribution in [0.2, 0.25) is 0 Å². The lowest BCUT2D eigenvalue weighted by molar-refractivity contribution is 0.106. The monoisotopic (exact) mass is 389 g/mol. The molecule has 3 aromatic rings. The first-order chi connectivity index (χ1) is 12.7. The summed E-state index contributed by atoms with van der Waals surface area (Å²) in [4.78, 5) is 0. The van der Waals surface area contributed by atoms with E-state index in [9.17, 15) is 4.39 Å². The molecule has 2 aromatic carbocycles. The zero-order valence-corrected chi connectivity index (χ0v) is 15.8. The van der Waals surface area contributed by atoms with Crippen LogP contribution in [0.4, 0.5) is 4.39 Å². The van der Waals surface area contributed by atoms with E-state index in [0.29, 0.717) is 19.8 Å². The Bertz CT molecular complexity index is 908. The molecule has 0 atom stereocenters. The minimum absolute atomic E-state index is 0. The summed E-state index contributed by atoms with van der Waals surface area (Å²) in [6.45, 7) is 4.12. The molecule has 0 amide bonds. The van der Waals surface area contributed by atoms with E-state index >= 15 is 0 Å². The number of halogens is 2. The van der Waals surface area contributed by atoms with E-state index in [1.54, 1.807) is 0 Å². The molecule has 1 aliphatic heterocycles. The lowest BCUT2D eigenvalue weighted by Gasteiger charge is -2.09. The van der Waals surface area contributed by atoms with Gasteiger partial charge in [-0.2, -0.15) is 0 Å². The summed E-state index contributed by atoms with van der Waals surface area (Å²) < 4.78 is 31.7. The van der Waals surface area contributed by atoms with Crippen LogP contribution in [0, 0.1) is 12.7 Å². The van der Waals surface area contributed by atoms with Gasteiger partial charge in [-0.25, -0.2) is 4.39 Å². The van der Waals surface area contributed by atoms with Crippen LogP contribution in [0.15, 0.2) is 54.7 Å². The third kappa shape index (κ3) is 4.43. The second-order valence-corrected chi connectivity index (χ2v) is 6.36. The Hall–Kier alpha value is -2.50. The lowest BCUT2D eigenvalue weighted by Crippen LogP contribution is -2.02. The molecular weight excluding hydrogens is 369 g/mol. The van der Waals surface area contributed by atoms with Gasteiger partial charge >= 0.3 is 0 Å². The fourth-order valence-electron chi connectivity index (χ4n) is 3.02. The first-order valence-corrected chi connectivity index (χ1v) is 8.54. The second-order valence-electron chi connectivity index (χ2n) is 6.36. The van der Waals surface area contributed by atoms with E-state index in [4.69, 9.17) is 14.2 Å². The van der Waals surface area contributed by atoms with Crippen molar-refractivity contribution in [2.45, 2.75) is 26.7 Å². The number of hydrogen-bond donors (Lipinski definition) is 0. The number of rotatable bonds is 6. The van der Waals surface area contributed by atoms with Crippen molar-refractivity contribution in [2.75, 3.05) is 6.79 Å². The average molecular weight is 390 g/mol. The summed E-state index contributed by atoms with van der Waals surface area (Å²) >= 11 is 0. The molecule has 142 valence electrons. The van der Waals surface area contributed by atoms with Crippen molar-refractivity contribution in [3.8, 4) is 11.5 Å². The van der Waals surface area contributed by atoms with Gasteiger partial charge in [-0.05, 0) is 53.9 Å². The molecule has 0 fully saturated rings. The largest absolute Gasteiger partial charge is 0.454 e. The molecule has 6 heteroatoms. The van der Waals surface area contributed by atoms with Gasteiger partial charge in [0.2, 0.25) is 6.79 Å². The molecule has 0 unspecified atom stereocenters. The van der Waals surface area contributed by atoms with E-state index in [-0.39, 0.29) is 25.0 Å². The number of aromatic nitrogens is 1. The Kier molecular flexibility index (Phi) is 6.04. The highest BCUT2D eigenvalue weighted by molar-refractivity contribution is 5.85. The smallest absolute Gasteiger partial charge is 0.231 e. The third-order valence-corrected chi connectivity index (χ3v) is 4.58. The Morgan fingerprint density at radius 1 is 0.963 bits per heavy atom. The molecule has 0 saturated carbocycles. The summed E-state index contributed by atoms with van der Waals surface area (Å²) in [6, 6.07) is 14.5. The summed E-state index contributed by atoms with van der Waals surface area (Å²) in [7, 11) is 0. The van der Waals surface area contributed by atoms with E-state index in [2.05, 4.69) is 17.6 Å². The van der Waals surface area contributed by atoms with Crippen LogP contribution in [0.25, 0.3) is 0 Å². The van der Waals surface area contributed by atoms with Crippen molar-refractivity contribution < 1.29 is 18.6 Å². The molecule has 2 heterocycles. The summed E-state index contributed by atoms with van der Waals surface area (Å²) in [6.07, 6.45) is 2.04. The Morgan fingerprint density at radius 3 is 2.52 bits per heavy atom. The highest BCUT2D eigenvalue weighted by Crippen LogP contribution is 2.32. The van der Waals surface area contributed by atoms with E-state index < -0.39 is 0 Å².